The molecule has 0 radical (unpaired) electrons. The van der Waals surface area contributed by atoms with E-state index in [0.29, 0.717) is 0 Å². The molecule has 1 aromatic carbocycles. The molecule has 2 aromatic rings. The molecule has 5 heteroatoms. The standard InChI is InChI=1S/C9H8N2O2.Na/c1-11-5-10-7-3-2-6(9(12)13)4-8(7)11;/h2-5H,1H3,(H,12,13);/q;+1/p-1. The molecule has 4 nitrogen and oxygen atoms in total. The van der Waals surface area contributed by atoms with Crippen LogP contribution in [0.4, 0.5) is 0 Å². The number of aryl methyl sites for hydroxylation is 1. The molecule has 0 aliphatic carbocycles. The summed E-state index contributed by atoms with van der Waals surface area (Å²) in [5.74, 6) is -1.16. The van der Waals surface area contributed by atoms with Crippen LogP contribution in [0, 0.1) is 0 Å². The molecule has 2 rings (SSSR count). The zero-order valence-electron chi connectivity index (χ0n) is 8.02. The van der Waals surface area contributed by atoms with Gasteiger partial charge >= 0.3 is 29.6 Å². The van der Waals surface area contributed by atoms with Gasteiger partial charge in [-0.05, 0) is 17.7 Å². The van der Waals surface area contributed by atoms with Gasteiger partial charge in [0.25, 0.3) is 0 Å². The van der Waals surface area contributed by atoms with Gasteiger partial charge in [0, 0.05) is 7.05 Å². The molecule has 0 N–H and O–H groups in total. The Morgan fingerprint density at radius 2 is 2.21 bits per heavy atom. The number of fused-ring (bicyclic) bond motifs is 1. The molecule has 66 valence electrons. The number of hydrogen-bond acceptors (Lipinski definition) is 3. The van der Waals surface area contributed by atoms with Crippen molar-refractivity contribution in [3.8, 4) is 0 Å². The molecule has 0 unspecified atom stereocenters. The van der Waals surface area contributed by atoms with Gasteiger partial charge in [-0.15, -0.1) is 0 Å². The topological polar surface area (TPSA) is 58.0 Å². The van der Waals surface area contributed by atoms with Crippen LogP contribution in [0.15, 0.2) is 24.5 Å². The van der Waals surface area contributed by atoms with E-state index in [9.17, 15) is 9.90 Å². The van der Waals surface area contributed by atoms with Crippen LogP contribution in [0.5, 0.6) is 0 Å². The number of carboxylic acids is 1. The summed E-state index contributed by atoms with van der Waals surface area (Å²) in [6.07, 6.45) is 1.64. The minimum atomic E-state index is -1.16. The van der Waals surface area contributed by atoms with Gasteiger partial charge in [0.05, 0.1) is 23.3 Å². The van der Waals surface area contributed by atoms with Gasteiger partial charge in [-0.1, -0.05) is 6.07 Å². The summed E-state index contributed by atoms with van der Waals surface area (Å²) in [5, 5.41) is 10.5. The van der Waals surface area contributed by atoms with Gasteiger partial charge in [0.1, 0.15) is 0 Å². The second kappa shape index (κ2) is 4.13. The Balaban J connectivity index is 0.000000980. The number of imidazole rings is 1. The zero-order valence-corrected chi connectivity index (χ0v) is 10.0. The third kappa shape index (κ3) is 1.82. The van der Waals surface area contributed by atoms with Gasteiger partial charge in [0.2, 0.25) is 0 Å². The van der Waals surface area contributed by atoms with Crippen molar-refractivity contribution >= 4 is 17.0 Å². The molecule has 0 aliphatic heterocycles. The van der Waals surface area contributed by atoms with Gasteiger partial charge in [-0.25, -0.2) is 4.98 Å². The number of carboxylic acid groups (broad SMARTS) is 1. The summed E-state index contributed by atoms with van der Waals surface area (Å²) in [7, 11) is 1.81. The number of rotatable bonds is 1. The molecular weight excluding hydrogens is 191 g/mol. The maximum atomic E-state index is 10.5. The fourth-order valence-corrected chi connectivity index (χ4v) is 1.25. The number of benzene rings is 1. The minimum absolute atomic E-state index is 0. The molecule has 1 aromatic heterocycles. The van der Waals surface area contributed by atoms with E-state index >= 15 is 0 Å². The van der Waals surface area contributed by atoms with Crippen molar-refractivity contribution < 1.29 is 39.5 Å². The fourth-order valence-electron chi connectivity index (χ4n) is 1.25. The quantitative estimate of drug-likeness (QED) is 0.457. The Labute approximate surface area is 103 Å². The maximum Gasteiger partial charge on any atom is 1.00 e. The second-order valence-corrected chi connectivity index (χ2v) is 2.85. The summed E-state index contributed by atoms with van der Waals surface area (Å²) in [4.78, 5) is 14.6. The first kappa shape index (κ1) is 11.2. The summed E-state index contributed by atoms with van der Waals surface area (Å²) >= 11 is 0. The van der Waals surface area contributed by atoms with Crippen LogP contribution < -0.4 is 34.7 Å². The number of carbonyl (C=O) groups is 1. The molecule has 0 aliphatic rings. The van der Waals surface area contributed by atoms with Crippen LogP contribution in [0.2, 0.25) is 0 Å². The predicted octanol–water partition coefficient (Wildman–Crippen LogP) is -3.06. The van der Waals surface area contributed by atoms with E-state index in [4.69, 9.17) is 0 Å². The summed E-state index contributed by atoms with van der Waals surface area (Å²) < 4.78 is 1.77. The third-order valence-corrected chi connectivity index (χ3v) is 1.96. The summed E-state index contributed by atoms with van der Waals surface area (Å²) in [6.45, 7) is 0. The van der Waals surface area contributed by atoms with E-state index in [1.807, 2.05) is 7.05 Å². The average Bonchev–Trinajstić information content (AvgIpc) is 2.47. The number of hydrogen-bond donors (Lipinski definition) is 0. The van der Waals surface area contributed by atoms with Gasteiger partial charge in [-0.2, -0.15) is 0 Å². The molecule has 0 atom stereocenters. The van der Waals surface area contributed by atoms with E-state index in [1.54, 1.807) is 23.0 Å². The Morgan fingerprint density at radius 3 is 2.86 bits per heavy atom. The molecular formula is C9H7N2NaO2. The van der Waals surface area contributed by atoms with Crippen LogP contribution in [-0.2, 0) is 7.05 Å². The van der Waals surface area contributed by atoms with E-state index in [0.717, 1.165) is 11.0 Å². The first-order chi connectivity index (χ1) is 6.18. The minimum Gasteiger partial charge on any atom is -0.545 e. The molecule has 0 saturated carbocycles. The van der Waals surface area contributed by atoms with Crippen molar-refractivity contribution in [2.75, 3.05) is 0 Å². The molecule has 0 spiro atoms. The monoisotopic (exact) mass is 198 g/mol. The van der Waals surface area contributed by atoms with Crippen LogP contribution in [0.3, 0.4) is 0 Å². The summed E-state index contributed by atoms with van der Waals surface area (Å²) in [6, 6.07) is 4.71. The van der Waals surface area contributed by atoms with Gasteiger partial charge in [0.15, 0.2) is 0 Å². The number of aromatic carboxylic acids is 1. The van der Waals surface area contributed by atoms with Crippen LogP contribution >= 0.6 is 0 Å². The second-order valence-electron chi connectivity index (χ2n) is 2.85. The van der Waals surface area contributed by atoms with Crippen LogP contribution in [0.1, 0.15) is 10.4 Å². The maximum absolute atomic E-state index is 10.5. The van der Waals surface area contributed by atoms with Gasteiger partial charge in [-0.3, -0.25) is 0 Å². The smallest absolute Gasteiger partial charge is 0.545 e. The molecule has 0 amide bonds. The number of nitrogens with zero attached hydrogens (tertiary/aromatic N) is 2. The molecule has 1 heterocycles. The predicted molar refractivity (Wildman–Crippen MR) is 45.0 cm³/mol. The van der Waals surface area contributed by atoms with Crippen molar-refractivity contribution in [3.63, 3.8) is 0 Å². The molecule has 14 heavy (non-hydrogen) atoms. The van der Waals surface area contributed by atoms with E-state index in [-0.39, 0.29) is 35.1 Å². The summed E-state index contributed by atoms with van der Waals surface area (Å²) in [5.41, 5.74) is 1.75. The van der Waals surface area contributed by atoms with Crippen molar-refractivity contribution in [3.05, 3.63) is 30.1 Å². The zero-order chi connectivity index (χ0) is 9.42. The number of aromatic nitrogens is 2. The number of carbonyl (C=O) groups excluding carboxylic acids is 1. The van der Waals surface area contributed by atoms with Crippen molar-refractivity contribution in [1.82, 2.24) is 9.55 Å². The largest absolute Gasteiger partial charge is 1.00 e. The van der Waals surface area contributed by atoms with E-state index in [2.05, 4.69) is 4.98 Å². The van der Waals surface area contributed by atoms with Crippen LogP contribution in [-0.4, -0.2) is 15.5 Å². The molecule has 0 fully saturated rings. The van der Waals surface area contributed by atoms with Crippen molar-refractivity contribution in [2.45, 2.75) is 0 Å². The third-order valence-electron chi connectivity index (χ3n) is 1.96. The van der Waals surface area contributed by atoms with Gasteiger partial charge < -0.3 is 14.5 Å². The normalized spacial score (nSPS) is 9.79. The van der Waals surface area contributed by atoms with E-state index in [1.165, 1.54) is 6.07 Å². The van der Waals surface area contributed by atoms with Crippen molar-refractivity contribution in [2.24, 2.45) is 7.05 Å². The molecule has 0 bridgehead atoms. The fraction of sp³-hybridized carbons (Fsp3) is 0.111. The molecule has 0 saturated heterocycles. The average molecular weight is 198 g/mol. The van der Waals surface area contributed by atoms with E-state index < -0.39 is 5.97 Å². The Kier molecular flexibility index (Phi) is 3.31. The Hall–Kier alpha value is -0.840. The Morgan fingerprint density at radius 1 is 1.50 bits per heavy atom. The first-order valence-corrected chi connectivity index (χ1v) is 3.81. The Bertz CT molecular complexity index is 479. The SMILES string of the molecule is Cn1cnc2ccc(C(=O)[O-])cc21.[Na+]. The van der Waals surface area contributed by atoms with Crippen LogP contribution in [0.25, 0.3) is 11.0 Å². The first-order valence-electron chi connectivity index (χ1n) is 3.81. The van der Waals surface area contributed by atoms with Crippen molar-refractivity contribution in [1.29, 1.82) is 0 Å².